The third-order valence-electron chi connectivity index (χ3n) is 2.16. The molecule has 0 aliphatic carbocycles. The van der Waals surface area contributed by atoms with Gasteiger partial charge >= 0.3 is 6.36 Å². The summed E-state index contributed by atoms with van der Waals surface area (Å²) in [4.78, 5) is 11.1. The van der Waals surface area contributed by atoms with Crippen molar-refractivity contribution in [1.82, 2.24) is 15.4 Å². The van der Waals surface area contributed by atoms with Crippen LogP contribution in [0.3, 0.4) is 0 Å². The summed E-state index contributed by atoms with van der Waals surface area (Å²) < 4.78 is 40.8. The zero-order valence-electron chi connectivity index (χ0n) is 9.53. The van der Waals surface area contributed by atoms with Crippen LogP contribution in [0, 0.1) is 0 Å². The highest BCUT2D eigenvalue weighted by molar-refractivity contribution is 9.10. The number of aromatic amines is 1. The molecule has 1 heterocycles. The summed E-state index contributed by atoms with van der Waals surface area (Å²) in [7, 11) is 0. The maximum Gasteiger partial charge on any atom is 0.573 e. The number of ether oxygens (including phenoxy) is 1. The molecule has 0 aliphatic heterocycles. The predicted octanol–water partition coefficient (Wildman–Crippen LogP) is 2.23. The number of primary amides is 1. The molecule has 3 N–H and O–H groups in total. The topological polar surface area (TPSA) is 93.9 Å². The fourth-order valence-electron chi connectivity index (χ4n) is 1.50. The summed E-state index contributed by atoms with van der Waals surface area (Å²) in [5.74, 6) is -1.31. The second-order valence-corrected chi connectivity index (χ2v) is 4.52. The number of nitrogens with zero attached hydrogens (tertiary/aromatic N) is 2. The van der Waals surface area contributed by atoms with Crippen LogP contribution in [0.4, 0.5) is 13.2 Å². The molecule has 0 spiro atoms. The summed E-state index contributed by atoms with van der Waals surface area (Å²) in [5, 5.41) is 9.41. The Hall–Kier alpha value is -2.10. The number of benzene rings is 1. The van der Waals surface area contributed by atoms with Crippen LogP contribution in [-0.4, -0.2) is 27.7 Å². The van der Waals surface area contributed by atoms with E-state index in [1.165, 1.54) is 6.07 Å². The van der Waals surface area contributed by atoms with Gasteiger partial charge in [-0.15, -0.1) is 13.2 Å². The molecule has 0 saturated carbocycles. The molecular weight excluding hydrogens is 345 g/mol. The first-order valence-corrected chi connectivity index (χ1v) is 5.83. The smallest absolute Gasteiger partial charge is 0.406 e. The highest BCUT2D eigenvalue weighted by Crippen LogP contribution is 2.31. The van der Waals surface area contributed by atoms with Gasteiger partial charge in [0.2, 0.25) is 0 Å². The third kappa shape index (κ3) is 3.26. The molecule has 106 valence electrons. The van der Waals surface area contributed by atoms with E-state index in [-0.39, 0.29) is 17.0 Å². The van der Waals surface area contributed by atoms with Gasteiger partial charge in [0, 0.05) is 10.0 Å². The molecule has 1 aromatic heterocycles. The van der Waals surface area contributed by atoms with Gasteiger partial charge in [0.1, 0.15) is 11.4 Å². The summed E-state index contributed by atoms with van der Waals surface area (Å²) in [6.07, 6.45) is -4.82. The third-order valence-corrected chi connectivity index (χ3v) is 2.62. The van der Waals surface area contributed by atoms with Crippen molar-refractivity contribution in [3.63, 3.8) is 0 Å². The number of nitrogens with two attached hydrogens (primary N) is 1. The lowest BCUT2D eigenvalue weighted by molar-refractivity contribution is -0.274. The second-order valence-electron chi connectivity index (χ2n) is 3.61. The number of carbonyl (C=O) groups is 1. The molecule has 20 heavy (non-hydrogen) atoms. The minimum absolute atomic E-state index is 0.0332. The number of alkyl halides is 3. The van der Waals surface area contributed by atoms with Crippen molar-refractivity contribution in [3.05, 3.63) is 28.4 Å². The quantitative estimate of drug-likeness (QED) is 0.887. The Balaban J connectivity index is 2.47. The first kappa shape index (κ1) is 14.3. The van der Waals surface area contributed by atoms with Crippen molar-refractivity contribution in [1.29, 1.82) is 0 Å². The van der Waals surface area contributed by atoms with Gasteiger partial charge in [-0.25, -0.2) is 0 Å². The lowest BCUT2D eigenvalue weighted by Gasteiger charge is -2.10. The zero-order chi connectivity index (χ0) is 14.9. The van der Waals surface area contributed by atoms with Crippen molar-refractivity contribution in [2.75, 3.05) is 0 Å². The van der Waals surface area contributed by atoms with Gasteiger partial charge in [-0.2, -0.15) is 15.4 Å². The van der Waals surface area contributed by atoms with Gasteiger partial charge in [-0.3, -0.25) is 4.79 Å². The molecule has 0 atom stereocenters. The molecule has 0 radical (unpaired) electrons. The number of hydrogen-bond acceptors (Lipinski definition) is 4. The molecule has 0 bridgehead atoms. The standard InChI is InChI=1S/C10H6BrF3N4O2/c11-5-1-4(2-6(3-5)20-10(12,13)14)7-8(9(15)19)17-18-16-7/h1-3H,(H2,15,19)(H,16,17,18). The van der Waals surface area contributed by atoms with E-state index in [4.69, 9.17) is 5.73 Å². The Kier molecular flexibility index (Phi) is 3.66. The van der Waals surface area contributed by atoms with E-state index in [0.717, 1.165) is 12.1 Å². The molecule has 10 heteroatoms. The van der Waals surface area contributed by atoms with Gasteiger partial charge in [0.25, 0.3) is 5.91 Å². The highest BCUT2D eigenvalue weighted by Gasteiger charge is 2.31. The van der Waals surface area contributed by atoms with Crippen LogP contribution in [0.5, 0.6) is 5.75 Å². The first-order valence-electron chi connectivity index (χ1n) is 5.03. The number of halogens is 4. The van der Waals surface area contributed by atoms with E-state index in [1.54, 1.807) is 0 Å². The van der Waals surface area contributed by atoms with Crippen molar-refractivity contribution >= 4 is 21.8 Å². The average molecular weight is 351 g/mol. The maximum absolute atomic E-state index is 12.2. The van der Waals surface area contributed by atoms with Crippen molar-refractivity contribution in [2.45, 2.75) is 6.36 Å². The first-order chi connectivity index (χ1) is 9.26. The van der Waals surface area contributed by atoms with Crippen molar-refractivity contribution in [2.24, 2.45) is 5.73 Å². The van der Waals surface area contributed by atoms with Gasteiger partial charge in [0.05, 0.1) is 0 Å². The number of hydrogen-bond donors (Lipinski definition) is 2. The Morgan fingerprint density at radius 2 is 2.00 bits per heavy atom. The van der Waals surface area contributed by atoms with Crippen molar-refractivity contribution < 1.29 is 22.7 Å². The van der Waals surface area contributed by atoms with Crippen LogP contribution in [0.1, 0.15) is 10.5 Å². The predicted molar refractivity (Wildman–Crippen MR) is 64.7 cm³/mol. The second kappa shape index (κ2) is 5.12. The highest BCUT2D eigenvalue weighted by atomic mass is 79.9. The summed E-state index contributed by atoms with van der Waals surface area (Å²) >= 11 is 3.05. The van der Waals surface area contributed by atoms with Gasteiger partial charge in [0.15, 0.2) is 5.69 Å². The average Bonchev–Trinajstić information content (AvgIpc) is 2.74. The molecule has 0 aliphatic rings. The zero-order valence-corrected chi connectivity index (χ0v) is 11.1. The Labute approximate surface area is 118 Å². The Morgan fingerprint density at radius 3 is 2.60 bits per heavy atom. The molecule has 2 aromatic rings. The molecule has 2 rings (SSSR count). The van der Waals surface area contributed by atoms with Crippen LogP contribution in [0.2, 0.25) is 0 Å². The molecule has 0 unspecified atom stereocenters. The molecule has 6 nitrogen and oxygen atoms in total. The van der Waals surface area contributed by atoms with E-state index in [0.29, 0.717) is 4.47 Å². The minimum atomic E-state index is -4.82. The van der Waals surface area contributed by atoms with E-state index < -0.39 is 18.0 Å². The monoisotopic (exact) mass is 350 g/mol. The SMILES string of the molecule is NC(=O)c1n[nH]nc1-c1cc(Br)cc(OC(F)(F)F)c1. The number of rotatable bonds is 3. The number of carbonyl (C=O) groups excluding carboxylic acids is 1. The van der Waals surface area contributed by atoms with Gasteiger partial charge < -0.3 is 10.5 Å². The minimum Gasteiger partial charge on any atom is -0.406 e. The largest absolute Gasteiger partial charge is 0.573 e. The van der Waals surface area contributed by atoms with E-state index in [9.17, 15) is 18.0 Å². The van der Waals surface area contributed by atoms with Crippen LogP contribution in [0.25, 0.3) is 11.3 Å². The van der Waals surface area contributed by atoms with Gasteiger partial charge in [-0.05, 0) is 18.2 Å². The number of amides is 1. The number of H-pyrrole nitrogens is 1. The van der Waals surface area contributed by atoms with Gasteiger partial charge in [-0.1, -0.05) is 15.9 Å². The lowest BCUT2D eigenvalue weighted by Crippen LogP contribution is -2.17. The Bertz CT molecular complexity index is 656. The van der Waals surface area contributed by atoms with Crippen LogP contribution in [0.15, 0.2) is 22.7 Å². The fourth-order valence-corrected chi connectivity index (χ4v) is 1.97. The molecule has 1 aromatic carbocycles. The van der Waals surface area contributed by atoms with E-state index in [2.05, 4.69) is 36.1 Å². The van der Waals surface area contributed by atoms with Crippen LogP contribution >= 0.6 is 15.9 Å². The Morgan fingerprint density at radius 1 is 1.30 bits per heavy atom. The molecular formula is C10H6BrF3N4O2. The fraction of sp³-hybridized carbons (Fsp3) is 0.100. The summed E-state index contributed by atoms with van der Waals surface area (Å²) in [5.41, 5.74) is 5.14. The molecule has 0 saturated heterocycles. The summed E-state index contributed by atoms with van der Waals surface area (Å²) in [6.45, 7) is 0. The molecule has 1 amide bonds. The maximum atomic E-state index is 12.2. The normalized spacial score (nSPS) is 11.4. The van der Waals surface area contributed by atoms with E-state index in [1.807, 2.05) is 0 Å². The van der Waals surface area contributed by atoms with E-state index >= 15 is 0 Å². The lowest BCUT2D eigenvalue weighted by atomic mass is 10.1. The number of aromatic nitrogens is 3. The van der Waals surface area contributed by atoms with Crippen LogP contribution in [-0.2, 0) is 0 Å². The summed E-state index contributed by atoms with van der Waals surface area (Å²) in [6, 6.07) is 3.65. The van der Waals surface area contributed by atoms with Crippen LogP contribution < -0.4 is 10.5 Å². The number of nitrogens with one attached hydrogen (secondary N) is 1. The van der Waals surface area contributed by atoms with Crippen molar-refractivity contribution in [3.8, 4) is 17.0 Å². The molecule has 0 fully saturated rings.